The Morgan fingerprint density at radius 2 is 2.00 bits per heavy atom. The van der Waals surface area contributed by atoms with Crippen LogP contribution in [0.5, 0.6) is 5.75 Å². The first-order valence-corrected chi connectivity index (χ1v) is 10.5. The fraction of sp³-hybridized carbons (Fsp3) is 0.556. The molecule has 26 heavy (non-hydrogen) atoms. The van der Waals surface area contributed by atoms with E-state index in [0.29, 0.717) is 12.2 Å². The van der Waals surface area contributed by atoms with E-state index < -0.39 is 10.0 Å². The molecule has 0 atom stereocenters. The van der Waals surface area contributed by atoms with Crippen LogP contribution in [0.3, 0.4) is 0 Å². The number of ether oxygens (including phenoxy) is 1. The number of sulfonamides is 1. The van der Waals surface area contributed by atoms with Gasteiger partial charge >= 0.3 is 0 Å². The van der Waals surface area contributed by atoms with E-state index >= 15 is 0 Å². The molecule has 2 heterocycles. The smallest absolute Gasteiger partial charge is 0.244 e. The molecule has 2 aromatic heterocycles. The highest BCUT2D eigenvalue weighted by atomic mass is 32.2. The van der Waals surface area contributed by atoms with Crippen molar-refractivity contribution < 1.29 is 13.2 Å². The zero-order chi connectivity index (χ0) is 18.7. The molecule has 8 heteroatoms. The number of aromatic nitrogens is 3. The Kier molecular flexibility index (Phi) is 5.62. The predicted octanol–water partition coefficient (Wildman–Crippen LogP) is 2.58. The normalized spacial score (nSPS) is 20.9. The van der Waals surface area contributed by atoms with E-state index in [0.717, 1.165) is 37.1 Å². The number of pyridine rings is 1. The minimum absolute atomic E-state index is 0.0702. The third-order valence-electron chi connectivity index (χ3n) is 4.90. The van der Waals surface area contributed by atoms with Gasteiger partial charge in [0.15, 0.2) is 0 Å². The van der Waals surface area contributed by atoms with Gasteiger partial charge in [-0.2, -0.15) is 5.10 Å². The van der Waals surface area contributed by atoms with E-state index in [1.54, 1.807) is 17.8 Å². The van der Waals surface area contributed by atoms with Crippen LogP contribution in [0.1, 0.15) is 44.0 Å². The highest BCUT2D eigenvalue weighted by Crippen LogP contribution is 2.26. The standard InChI is InChI=1S/C18H26N4O3S/c1-4-22-14(3)18(12-20-22)26(23,24)21-15-7-9-16(10-8-15)25-17-6-5-11-19-13(17)2/h5-6,11-12,15-16,21H,4,7-10H2,1-3H3. The summed E-state index contributed by atoms with van der Waals surface area (Å²) in [6.45, 7) is 6.30. The van der Waals surface area contributed by atoms with Crippen LogP contribution in [0, 0.1) is 13.8 Å². The zero-order valence-electron chi connectivity index (χ0n) is 15.5. The third kappa shape index (κ3) is 4.07. The molecule has 142 valence electrons. The molecule has 0 aliphatic heterocycles. The van der Waals surface area contributed by atoms with Crippen LogP contribution in [0.25, 0.3) is 0 Å². The maximum absolute atomic E-state index is 12.7. The van der Waals surface area contributed by atoms with Crippen molar-refractivity contribution in [3.05, 3.63) is 35.9 Å². The summed E-state index contributed by atoms with van der Waals surface area (Å²) in [5.41, 5.74) is 1.54. The monoisotopic (exact) mass is 378 g/mol. The van der Waals surface area contributed by atoms with Gasteiger partial charge in [-0.3, -0.25) is 9.67 Å². The van der Waals surface area contributed by atoms with E-state index in [4.69, 9.17) is 4.74 Å². The Balaban J connectivity index is 1.58. The highest BCUT2D eigenvalue weighted by Gasteiger charge is 2.28. The van der Waals surface area contributed by atoms with Crippen molar-refractivity contribution >= 4 is 10.0 Å². The lowest BCUT2D eigenvalue weighted by atomic mass is 9.93. The van der Waals surface area contributed by atoms with Crippen molar-refractivity contribution in [3.63, 3.8) is 0 Å². The molecule has 2 aromatic rings. The lowest BCUT2D eigenvalue weighted by Crippen LogP contribution is -2.39. The van der Waals surface area contributed by atoms with Crippen LogP contribution < -0.4 is 9.46 Å². The molecule has 1 saturated carbocycles. The molecular formula is C18H26N4O3S. The largest absolute Gasteiger partial charge is 0.489 e. The summed E-state index contributed by atoms with van der Waals surface area (Å²) in [4.78, 5) is 4.50. The number of hydrogen-bond donors (Lipinski definition) is 1. The molecule has 0 unspecified atom stereocenters. The summed E-state index contributed by atoms with van der Waals surface area (Å²) < 4.78 is 35.9. The fourth-order valence-electron chi connectivity index (χ4n) is 3.37. The van der Waals surface area contributed by atoms with Gasteiger partial charge in [-0.25, -0.2) is 13.1 Å². The first-order chi connectivity index (χ1) is 12.4. The van der Waals surface area contributed by atoms with Crippen LogP contribution in [-0.4, -0.2) is 35.3 Å². The fourth-order valence-corrected chi connectivity index (χ4v) is 4.85. The average Bonchev–Trinajstić information content (AvgIpc) is 3.00. The summed E-state index contributed by atoms with van der Waals surface area (Å²) in [6.07, 6.45) is 6.42. The predicted molar refractivity (Wildman–Crippen MR) is 98.6 cm³/mol. The van der Waals surface area contributed by atoms with Gasteiger partial charge in [-0.05, 0) is 58.6 Å². The third-order valence-corrected chi connectivity index (χ3v) is 6.52. The molecule has 1 fully saturated rings. The summed E-state index contributed by atoms with van der Waals surface area (Å²) in [7, 11) is -3.55. The molecule has 3 rings (SSSR count). The summed E-state index contributed by atoms with van der Waals surface area (Å²) >= 11 is 0. The molecule has 0 saturated heterocycles. The second-order valence-corrected chi connectivity index (χ2v) is 8.39. The molecule has 0 radical (unpaired) electrons. The molecule has 0 spiro atoms. The summed E-state index contributed by atoms with van der Waals surface area (Å²) in [5.74, 6) is 0.805. The van der Waals surface area contributed by atoms with E-state index in [1.165, 1.54) is 6.20 Å². The first kappa shape index (κ1) is 18.8. The van der Waals surface area contributed by atoms with E-state index in [-0.39, 0.29) is 17.0 Å². The Labute approximate surface area is 154 Å². The van der Waals surface area contributed by atoms with Gasteiger partial charge in [0.1, 0.15) is 10.6 Å². The van der Waals surface area contributed by atoms with Crippen LogP contribution in [0.15, 0.2) is 29.4 Å². The van der Waals surface area contributed by atoms with Crippen LogP contribution in [0.2, 0.25) is 0 Å². The number of aryl methyl sites for hydroxylation is 2. The molecule has 1 aliphatic carbocycles. The van der Waals surface area contributed by atoms with Crippen LogP contribution in [-0.2, 0) is 16.6 Å². The Morgan fingerprint density at radius 1 is 1.27 bits per heavy atom. The first-order valence-electron chi connectivity index (χ1n) is 9.03. The minimum atomic E-state index is -3.55. The molecular weight excluding hydrogens is 352 g/mol. The zero-order valence-corrected chi connectivity index (χ0v) is 16.3. The highest BCUT2D eigenvalue weighted by molar-refractivity contribution is 7.89. The van der Waals surface area contributed by atoms with E-state index in [2.05, 4.69) is 14.8 Å². The second kappa shape index (κ2) is 7.75. The maximum Gasteiger partial charge on any atom is 0.244 e. The SMILES string of the molecule is CCn1ncc(S(=O)(=O)NC2CCC(Oc3cccnc3C)CC2)c1C. The number of nitrogens with one attached hydrogen (secondary N) is 1. The number of hydrogen-bond acceptors (Lipinski definition) is 5. The van der Waals surface area contributed by atoms with E-state index in [9.17, 15) is 8.42 Å². The van der Waals surface area contributed by atoms with Gasteiger partial charge in [0, 0.05) is 18.8 Å². The molecule has 0 bridgehead atoms. The van der Waals surface area contributed by atoms with Gasteiger partial charge in [0.2, 0.25) is 10.0 Å². The lowest BCUT2D eigenvalue weighted by Gasteiger charge is -2.29. The van der Waals surface area contributed by atoms with Crippen LogP contribution >= 0.6 is 0 Å². The summed E-state index contributed by atoms with van der Waals surface area (Å²) in [6, 6.07) is 3.71. The molecule has 7 nitrogen and oxygen atoms in total. The molecule has 1 N–H and O–H groups in total. The Hall–Kier alpha value is -1.93. The summed E-state index contributed by atoms with van der Waals surface area (Å²) in [5, 5.41) is 4.13. The topological polar surface area (TPSA) is 86.1 Å². The Bertz CT molecular complexity index is 855. The van der Waals surface area contributed by atoms with Crippen molar-refractivity contribution in [2.75, 3.05) is 0 Å². The molecule has 1 aliphatic rings. The average molecular weight is 378 g/mol. The quantitative estimate of drug-likeness (QED) is 0.835. The van der Waals surface area contributed by atoms with Crippen molar-refractivity contribution in [2.24, 2.45) is 0 Å². The van der Waals surface area contributed by atoms with E-state index in [1.807, 2.05) is 26.0 Å². The molecule has 0 amide bonds. The van der Waals surface area contributed by atoms with Crippen molar-refractivity contribution in [2.45, 2.75) is 70.0 Å². The number of rotatable bonds is 6. The van der Waals surface area contributed by atoms with Gasteiger partial charge in [-0.15, -0.1) is 0 Å². The maximum atomic E-state index is 12.7. The number of nitrogens with zero attached hydrogens (tertiary/aromatic N) is 3. The van der Waals surface area contributed by atoms with Gasteiger partial charge in [0.05, 0.1) is 23.7 Å². The minimum Gasteiger partial charge on any atom is -0.489 e. The van der Waals surface area contributed by atoms with Crippen molar-refractivity contribution in [3.8, 4) is 5.75 Å². The Morgan fingerprint density at radius 3 is 2.62 bits per heavy atom. The van der Waals surface area contributed by atoms with Crippen LogP contribution in [0.4, 0.5) is 0 Å². The van der Waals surface area contributed by atoms with Gasteiger partial charge in [-0.1, -0.05) is 0 Å². The molecule has 0 aromatic carbocycles. The van der Waals surface area contributed by atoms with Crippen molar-refractivity contribution in [1.82, 2.24) is 19.5 Å². The second-order valence-electron chi connectivity index (χ2n) is 6.71. The van der Waals surface area contributed by atoms with Gasteiger partial charge < -0.3 is 4.74 Å². The lowest BCUT2D eigenvalue weighted by molar-refractivity contribution is 0.142. The van der Waals surface area contributed by atoms with Crippen molar-refractivity contribution in [1.29, 1.82) is 0 Å². The van der Waals surface area contributed by atoms with Gasteiger partial charge in [0.25, 0.3) is 0 Å².